The molecule has 2 nitrogen and oxygen atoms in total. The van der Waals surface area contributed by atoms with E-state index >= 15 is 0 Å². The van der Waals surface area contributed by atoms with Crippen LogP contribution in [-0.4, -0.2) is 19.1 Å². The molecule has 90 valence electrons. The van der Waals surface area contributed by atoms with Gasteiger partial charge in [-0.3, -0.25) is 0 Å². The number of thiophene rings is 1. The van der Waals surface area contributed by atoms with Gasteiger partial charge in [-0.05, 0) is 43.9 Å². The van der Waals surface area contributed by atoms with Gasteiger partial charge in [0.25, 0.3) is 0 Å². The van der Waals surface area contributed by atoms with Crippen molar-refractivity contribution in [3.63, 3.8) is 0 Å². The summed E-state index contributed by atoms with van der Waals surface area (Å²) in [5.74, 6) is 0.687. The predicted molar refractivity (Wildman–Crippen MR) is 71.2 cm³/mol. The molecule has 1 aromatic rings. The van der Waals surface area contributed by atoms with Crippen LogP contribution in [0.4, 0.5) is 0 Å². The van der Waals surface area contributed by atoms with E-state index in [1.807, 2.05) is 6.07 Å². The first kappa shape index (κ1) is 12.4. The van der Waals surface area contributed by atoms with Crippen LogP contribution in [0.1, 0.15) is 24.1 Å². The van der Waals surface area contributed by atoms with Crippen LogP contribution < -0.4 is 11.1 Å². The van der Waals surface area contributed by atoms with Crippen molar-refractivity contribution in [3.8, 4) is 0 Å². The van der Waals surface area contributed by atoms with E-state index < -0.39 is 0 Å². The van der Waals surface area contributed by atoms with E-state index in [1.54, 1.807) is 11.3 Å². The first-order valence-electron chi connectivity index (χ1n) is 5.97. The Kier molecular flexibility index (Phi) is 4.65. The third-order valence-corrected chi connectivity index (χ3v) is 4.66. The second-order valence-electron chi connectivity index (χ2n) is 4.44. The molecule has 2 atom stereocenters. The highest BCUT2D eigenvalue weighted by atomic mass is 35.5. The molecule has 1 saturated carbocycles. The highest BCUT2D eigenvalue weighted by Crippen LogP contribution is 2.25. The van der Waals surface area contributed by atoms with Gasteiger partial charge in [-0.15, -0.1) is 11.3 Å². The molecule has 1 heterocycles. The normalized spacial score (nSPS) is 25.1. The Morgan fingerprint density at radius 1 is 1.44 bits per heavy atom. The zero-order valence-electron chi connectivity index (χ0n) is 9.42. The van der Waals surface area contributed by atoms with Crippen molar-refractivity contribution < 1.29 is 0 Å². The van der Waals surface area contributed by atoms with Crippen LogP contribution in [0, 0.1) is 5.92 Å². The van der Waals surface area contributed by atoms with Crippen molar-refractivity contribution >= 4 is 22.9 Å². The van der Waals surface area contributed by atoms with Gasteiger partial charge in [-0.2, -0.15) is 0 Å². The fraction of sp³-hybridized carbons (Fsp3) is 0.667. The second-order valence-corrected chi connectivity index (χ2v) is 6.24. The summed E-state index contributed by atoms with van der Waals surface area (Å²) in [5.41, 5.74) is 5.75. The Balaban J connectivity index is 1.71. The lowest BCUT2D eigenvalue weighted by Crippen LogP contribution is -2.36. The zero-order valence-corrected chi connectivity index (χ0v) is 11.0. The predicted octanol–water partition coefficient (Wildman–Crippen LogP) is 2.66. The molecule has 0 aromatic carbocycles. The summed E-state index contributed by atoms with van der Waals surface area (Å²) in [4.78, 5) is 1.36. The Morgan fingerprint density at radius 3 is 3.00 bits per heavy atom. The lowest BCUT2D eigenvalue weighted by molar-refractivity contribution is 0.410. The number of hydrogen-bond acceptors (Lipinski definition) is 3. The average Bonchev–Trinajstić information content (AvgIpc) is 2.87. The maximum atomic E-state index is 5.89. The van der Waals surface area contributed by atoms with E-state index in [9.17, 15) is 0 Å². The molecule has 1 aliphatic carbocycles. The van der Waals surface area contributed by atoms with Crippen LogP contribution in [0.3, 0.4) is 0 Å². The van der Waals surface area contributed by atoms with Crippen molar-refractivity contribution in [1.29, 1.82) is 0 Å². The lowest BCUT2D eigenvalue weighted by atomic mass is 10.0. The highest BCUT2D eigenvalue weighted by Gasteiger charge is 2.24. The van der Waals surface area contributed by atoms with Gasteiger partial charge in [0.05, 0.1) is 4.34 Å². The molecule has 3 N–H and O–H groups in total. The first-order valence-corrected chi connectivity index (χ1v) is 7.16. The molecule has 0 bridgehead atoms. The number of halogens is 1. The van der Waals surface area contributed by atoms with Gasteiger partial charge in [0.15, 0.2) is 0 Å². The fourth-order valence-corrected chi connectivity index (χ4v) is 3.54. The fourth-order valence-electron chi connectivity index (χ4n) is 2.45. The van der Waals surface area contributed by atoms with Gasteiger partial charge >= 0.3 is 0 Å². The van der Waals surface area contributed by atoms with Gasteiger partial charge in [0.2, 0.25) is 0 Å². The summed E-state index contributed by atoms with van der Waals surface area (Å²) >= 11 is 7.57. The SMILES string of the molecule is NCC1CCCC1NCCc1ccc(Cl)s1. The number of hydrogen-bond donors (Lipinski definition) is 2. The summed E-state index contributed by atoms with van der Waals surface area (Å²) in [6, 6.07) is 4.73. The summed E-state index contributed by atoms with van der Waals surface area (Å²) in [6.07, 6.45) is 4.97. The van der Waals surface area contributed by atoms with Gasteiger partial charge in [0, 0.05) is 17.5 Å². The van der Waals surface area contributed by atoms with E-state index in [4.69, 9.17) is 17.3 Å². The quantitative estimate of drug-likeness (QED) is 0.852. The Bertz CT molecular complexity index is 327. The average molecular weight is 259 g/mol. The molecule has 1 aliphatic rings. The van der Waals surface area contributed by atoms with E-state index in [0.29, 0.717) is 12.0 Å². The summed E-state index contributed by atoms with van der Waals surface area (Å²) in [6.45, 7) is 1.86. The van der Waals surface area contributed by atoms with E-state index in [2.05, 4.69) is 11.4 Å². The maximum Gasteiger partial charge on any atom is 0.0931 e. The minimum absolute atomic E-state index is 0.639. The second kappa shape index (κ2) is 6.01. The summed E-state index contributed by atoms with van der Waals surface area (Å²) in [7, 11) is 0. The molecule has 0 radical (unpaired) electrons. The molecule has 0 spiro atoms. The third kappa shape index (κ3) is 3.20. The molecule has 0 aliphatic heterocycles. The molecule has 0 saturated heterocycles. The van der Waals surface area contributed by atoms with Gasteiger partial charge < -0.3 is 11.1 Å². The first-order chi connectivity index (χ1) is 7.79. The van der Waals surface area contributed by atoms with E-state index in [0.717, 1.165) is 23.8 Å². The molecule has 4 heteroatoms. The summed E-state index contributed by atoms with van der Waals surface area (Å²) < 4.78 is 0.885. The summed E-state index contributed by atoms with van der Waals surface area (Å²) in [5, 5.41) is 3.62. The van der Waals surface area contributed by atoms with E-state index in [-0.39, 0.29) is 0 Å². The number of nitrogens with one attached hydrogen (secondary N) is 1. The van der Waals surface area contributed by atoms with E-state index in [1.165, 1.54) is 24.1 Å². The third-order valence-electron chi connectivity index (χ3n) is 3.37. The molecule has 2 unspecified atom stereocenters. The monoisotopic (exact) mass is 258 g/mol. The lowest BCUT2D eigenvalue weighted by Gasteiger charge is -2.19. The van der Waals surface area contributed by atoms with Crippen molar-refractivity contribution in [2.75, 3.05) is 13.1 Å². The van der Waals surface area contributed by atoms with Crippen LogP contribution in [0.2, 0.25) is 4.34 Å². The number of rotatable bonds is 5. The van der Waals surface area contributed by atoms with Crippen LogP contribution in [0.25, 0.3) is 0 Å². The molecule has 1 aromatic heterocycles. The van der Waals surface area contributed by atoms with Crippen molar-refractivity contribution in [3.05, 3.63) is 21.3 Å². The standard InChI is InChI=1S/C12H19ClN2S/c13-12-5-4-10(16-12)6-7-15-11-3-1-2-9(11)8-14/h4-5,9,11,15H,1-3,6-8,14H2. The maximum absolute atomic E-state index is 5.89. The molecule has 16 heavy (non-hydrogen) atoms. The Morgan fingerprint density at radius 2 is 2.31 bits per heavy atom. The molecular formula is C12H19ClN2S. The molecule has 0 amide bonds. The molecular weight excluding hydrogens is 240 g/mol. The molecule has 1 fully saturated rings. The van der Waals surface area contributed by atoms with Crippen LogP contribution in [0.15, 0.2) is 12.1 Å². The van der Waals surface area contributed by atoms with Crippen LogP contribution >= 0.6 is 22.9 Å². The Labute approximate surface area is 106 Å². The van der Waals surface area contributed by atoms with Gasteiger partial charge in [-0.1, -0.05) is 18.0 Å². The topological polar surface area (TPSA) is 38.0 Å². The van der Waals surface area contributed by atoms with Crippen LogP contribution in [-0.2, 0) is 6.42 Å². The van der Waals surface area contributed by atoms with Crippen molar-refractivity contribution in [2.45, 2.75) is 31.7 Å². The zero-order chi connectivity index (χ0) is 11.4. The van der Waals surface area contributed by atoms with Gasteiger partial charge in [-0.25, -0.2) is 0 Å². The van der Waals surface area contributed by atoms with Crippen molar-refractivity contribution in [1.82, 2.24) is 5.32 Å². The van der Waals surface area contributed by atoms with Crippen LogP contribution in [0.5, 0.6) is 0 Å². The molecule has 2 rings (SSSR count). The van der Waals surface area contributed by atoms with Crippen molar-refractivity contribution in [2.24, 2.45) is 11.7 Å². The minimum atomic E-state index is 0.639. The number of nitrogens with two attached hydrogens (primary N) is 1. The smallest absolute Gasteiger partial charge is 0.0931 e. The largest absolute Gasteiger partial charge is 0.330 e. The van der Waals surface area contributed by atoms with Gasteiger partial charge in [0.1, 0.15) is 0 Å². The minimum Gasteiger partial charge on any atom is -0.330 e. The Hall–Kier alpha value is -0.0900. The highest BCUT2D eigenvalue weighted by molar-refractivity contribution is 7.16.